The van der Waals surface area contributed by atoms with Crippen molar-refractivity contribution < 1.29 is 14.3 Å². The van der Waals surface area contributed by atoms with Crippen LogP contribution >= 0.6 is 0 Å². The van der Waals surface area contributed by atoms with Crippen LogP contribution in [0.15, 0.2) is 54.6 Å². The zero-order chi connectivity index (χ0) is 18.4. The van der Waals surface area contributed by atoms with Crippen molar-refractivity contribution in [3.8, 4) is 5.75 Å². The van der Waals surface area contributed by atoms with Crippen LogP contribution in [0.4, 0.5) is 0 Å². The number of carbonyl (C=O) groups is 1. The molecule has 0 aromatic heterocycles. The molecule has 0 aliphatic heterocycles. The lowest BCUT2D eigenvalue weighted by atomic mass is 9.67. The number of rotatable bonds is 6. The van der Waals surface area contributed by atoms with Gasteiger partial charge in [-0.2, -0.15) is 0 Å². The van der Waals surface area contributed by atoms with Gasteiger partial charge in [0, 0.05) is 5.92 Å². The molecule has 2 unspecified atom stereocenters. The van der Waals surface area contributed by atoms with Crippen LogP contribution in [-0.2, 0) is 9.53 Å². The molecular formula is C22H28O3. The number of hydrogen-bond donors (Lipinski definition) is 0. The summed E-state index contributed by atoms with van der Waals surface area (Å²) in [6, 6.07) is 17.8. The Morgan fingerprint density at radius 2 is 1.60 bits per heavy atom. The van der Waals surface area contributed by atoms with Gasteiger partial charge in [0.15, 0.2) is 0 Å². The van der Waals surface area contributed by atoms with E-state index < -0.39 is 5.92 Å². The summed E-state index contributed by atoms with van der Waals surface area (Å²) >= 11 is 0. The average Bonchev–Trinajstić information content (AvgIpc) is 2.59. The molecule has 2 aromatic rings. The molecule has 0 aliphatic rings. The van der Waals surface area contributed by atoms with Gasteiger partial charge in [0.1, 0.15) is 5.75 Å². The molecule has 2 atom stereocenters. The predicted molar refractivity (Wildman–Crippen MR) is 101 cm³/mol. The SMILES string of the molecule is CCOC(=O)C(c1ccccc1)C(c1ccccc1OC)C(C)(C)C. The largest absolute Gasteiger partial charge is 0.496 e. The van der Waals surface area contributed by atoms with Gasteiger partial charge in [-0.1, -0.05) is 69.3 Å². The number of esters is 1. The highest BCUT2D eigenvalue weighted by molar-refractivity contribution is 5.80. The van der Waals surface area contributed by atoms with Gasteiger partial charge in [-0.15, -0.1) is 0 Å². The minimum Gasteiger partial charge on any atom is -0.496 e. The van der Waals surface area contributed by atoms with Crippen LogP contribution in [0.2, 0.25) is 0 Å². The second-order valence-corrected chi connectivity index (χ2v) is 7.23. The van der Waals surface area contributed by atoms with Crippen LogP contribution in [0.25, 0.3) is 0 Å². The van der Waals surface area contributed by atoms with Crippen LogP contribution in [0.1, 0.15) is 50.7 Å². The maximum Gasteiger partial charge on any atom is 0.314 e. The maximum absolute atomic E-state index is 12.9. The Morgan fingerprint density at radius 1 is 1.00 bits per heavy atom. The van der Waals surface area contributed by atoms with E-state index >= 15 is 0 Å². The molecule has 2 rings (SSSR count). The van der Waals surface area contributed by atoms with E-state index in [1.54, 1.807) is 7.11 Å². The molecule has 0 saturated heterocycles. The molecule has 3 nitrogen and oxygen atoms in total. The van der Waals surface area contributed by atoms with Crippen molar-refractivity contribution in [1.82, 2.24) is 0 Å². The summed E-state index contributed by atoms with van der Waals surface area (Å²) in [6.45, 7) is 8.66. The highest BCUT2D eigenvalue weighted by atomic mass is 16.5. The van der Waals surface area contributed by atoms with E-state index in [1.165, 1.54) is 0 Å². The van der Waals surface area contributed by atoms with Gasteiger partial charge in [-0.3, -0.25) is 4.79 Å². The van der Waals surface area contributed by atoms with Crippen LogP contribution in [0.3, 0.4) is 0 Å². The second kappa shape index (κ2) is 8.19. The number of hydrogen-bond acceptors (Lipinski definition) is 3. The third-order valence-corrected chi connectivity index (χ3v) is 4.44. The summed E-state index contributed by atoms with van der Waals surface area (Å²) in [5.74, 6) is 0.134. The molecule has 2 aromatic carbocycles. The van der Waals surface area contributed by atoms with Crippen LogP contribution in [-0.4, -0.2) is 19.7 Å². The minimum atomic E-state index is -0.391. The fraction of sp³-hybridized carbons (Fsp3) is 0.409. The van der Waals surface area contributed by atoms with E-state index in [9.17, 15) is 4.79 Å². The molecular weight excluding hydrogens is 312 g/mol. The summed E-state index contributed by atoms with van der Waals surface area (Å²) < 4.78 is 11.0. The monoisotopic (exact) mass is 340 g/mol. The van der Waals surface area contributed by atoms with Crippen LogP contribution in [0, 0.1) is 5.41 Å². The molecule has 0 saturated carbocycles. The Balaban J connectivity index is 2.64. The fourth-order valence-electron chi connectivity index (χ4n) is 3.43. The topological polar surface area (TPSA) is 35.5 Å². The fourth-order valence-corrected chi connectivity index (χ4v) is 3.43. The lowest BCUT2D eigenvalue weighted by Gasteiger charge is -2.37. The molecule has 25 heavy (non-hydrogen) atoms. The number of benzene rings is 2. The molecule has 3 heteroatoms. The van der Waals surface area contributed by atoms with E-state index in [4.69, 9.17) is 9.47 Å². The van der Waals surface area contributed by atoms with E-state index in [2.05, 4.69) is 20.8 Å². The molecule has 0 radical (unpaired) electrons. The maximum atomic E-state index is 12.9. The van der Waals surface area contributed by atoms with Crippen LogP contribution < -0.4 is 4.74 Å². The van der Waals surface area contributed by atoms with Crippen molar-refractivity contribution in [3.63, 3.8) is 0 Å². The van der Waals surface area contributed by atoms with Gasteiger partial charge in [-0.05, 0) is 29.5 Å². The standard InChI is InChI=1S/C22H28O3/c1-6-25-21(23)19(16-12-8-7-9-13-16)20(22(2,3)4)17-14-10-11-15-18(17)24-5/h7-15,19-20H,6H2,1-5H3. The molecule has 0 fully saturated rings. The normalized spacial score (nSPS) is 13.8. The van der Waals surface area contributed by atoms with Crippen molar-refractivity contribution in [2.24, 2.45) is 5.41 Å². The van der Waals surface area contributed by atoms with E-state index in [0.717, 1.165) is 16.9 Å². The summed E-state index contributed by atoms with van der Waals surface area (Å²) in [4.78, 5) is 12.9. The lowest BCUT2D eigenvalue weighted by molar-refractivity contribution is -0.146. The average molecular weight is 340 g/mol. The molecule has 0 N–H and O–H groups in total. The molecule has 134 valence electrons. The second-order valence-electron chi connectivity index (χ2n) is 7.23. The van der Waals surface area contributed by atoms with Crippen molar-refractivity contribution in [1.29, 1.82) is 0 Å². The quantitative estimate of drug-likeness (QED) is 0.680. The van der Waals surface area contributed by atoms with Gasteiger partial charge in [-0.25, -0.2) is 0 Å². The summed E-state index contributed by atoms with van der Waals surface area (Å²) in [7, 11) is 1.67. The molecule has 0 amide bonds. The van der Waals surface area contributed by atoms with Crippen molar-refractivity contribution in [3.05, 3.63) is 65.7 Å². The highest BCUT2D eigenvalue weighted by Gasteiger charge is 2.40. The summed E-state index contributed by atoms with van der Waals surface area (Å²) in [6.07, 6.45) is 0. The third-order valence-electron chi connectivity index (χ3n) is 4.44. The number of methoxy groups -OCH3 is 1. The predicted octanol–water partition coefficient (Wildman–Crippen LogP) is 5.17. The Hall–Kier alpha value is -2.29. The zero-order valence-corrected chi connectivity index (χ0v) is 15.8. The van der Waals surface area contributed by atoms with Crippen LogP contribution in [0.5, 0.6) is 5.75 Å². The molecule has 0 heterocycles. The van der Waals surface area contributed by atoms with Gasteiger partial charge < -0.3 is 9.47 Å². The van der Waals surface area contributed by atoms with Gasteiger partial charge in [0.25, 0.3) is 0 Å². The van der Waals surface area contributed by atoms with Gasteiger partial charge in [0.2, 0.25) is 0 Å². The van der Waals surface area contributed by atoms with Gasteiger partial charge in [0.05, 0.1) is 19.6 Å². The lowest BCUT2D eigenvalue weighted by Crippen LogP contribution is -2.31. The Kier molecular flexibility index (Phi) is 6.24. The Morgan fingerprint density at radius 3 is 2.16 bits per heavy atom. The Labute approximate surface area is 151 Å². The van der Waals surface area contributed by atoms with Crippen molar-refractivity contribution in [2.45, 2.75) is 39.5 Å². The smallest absolute Gasteiger partial charge is 0.314 e. The number of ether oxygens (including phenoxy) is 2. The highest BCUT2D eigenvalue weighted by Crippen LogP contribution is 2.48. The summed E-state index contributed by atoms with van der Waals surface area (Å²) in [5, 5.41) is 0. The number of carbonyl (C=O) groups excluding carboxylic acids is 1. The molecule has 0 spiro atoms. The summed E-state index contributed by atoms with van der Waals surface area (Å²) in [5.41, 5.74) is 1.83. The number of para-hydroxylation sites is 1. The van der Waals surface area contributed by atoms with E-state index in [-0.39, 0.29) is 17.3 Å². The first-order valence-electron chi connectivity index (χ1n) is 8.74. The zero-order valence-electron chi connectivity index (χ0n) is 15.8. The van der Waals surface area contributed by atoms with E-state index in [0.29, 0.717) is 6.61 Å². The molecule has 0 bridgehead atoms. The third kappa shape index (κ3) is 4.41. The van der Waals surface area contributed by atoms with Gasteiger partial charge >= 0.3 is 5.97 Å². The van der Waals surface area contributed by atoms with E-state index in [1.807, 2.05) is 61.5 Å². The first-order chi connectivity index (χ1) is 11.9. The van der Waals surface area contributed by atoms with Crippen molar-refractivity contribution in [2.75, 3.05) is 13.7 Å². The Bertz CT molecular complexity index is 686. The first-order valence-corrected chi connectivity index (χ1v) is 8.74. The minimum absolute atomic E-state index is 0.0786. The molecule has 0 aliphatic carbocycles. The van der Waals surface area contributed by atoms with Crippen molar-refractivity contribution >= 4 is 5.97 Å². The first kappa shape index (κ1) is 19.0.